The van der Waals surface area contributed by atoms with E-state index < -0.39 is 10.9 Å². The number of anilines is 1. The molecule has 3 rings (SSSR count). The molecule has 8 nitrogen and oxygen atoms in total. The minimum Gasteiger partial charge on any atom is -0.462 e. The number of hydrogen-bond acceptors (Lipinski definition) is 7. The van der Waals surface area contributed by atoms with Gasteiger partial charge in [0.05, 0.1) is 23.5 Å². The summed E-state index contributed by atoms with van der Waals surface area (Å²) in [6, 6.07) is 6.26. The Bertz CT molecular complexity index is 952. The highest BCUT2D eigenvalue weighted by Crippen LogP contribution is 2.38. The molecule has 160 valence electrons. The Hall–Kier alpha value is -2.78. The predicted octanol–water partition coefficient (Wildman–Crippen LogP) is 3.78. The molecule has 0 atom stereocenters. The third-order valence-corrected chi connectivity index (χ3v) is 6.19. The zero-order chi connectivity index (χ0) is 21.8. The van der Waals surface area contributed by atoms with E-state index in [2.05, 4.69) is 24.1 Å². The molecule has 30 heavy (non-hydrogen) atoms. The summed E-state index contributed by atoms with van der Waals surface area (Å²) in [4.78, 5) is 38.9. The molecule has 0 bridgehead atoms. The molecule has 0 aliphatic carbocycles. The van der Waals surface area contributed by atoms with Gasteiger partial charge in [-0.25, -0.2) is 4.79 Å². The highest BCUT2D eigenvalue weighted by molar-refractivity contribution is 7.17. The number of nitrogens with one attached hydrogen (secondary N) is 1. The van der Waals surface area contributed by atoms with Crippen LogP contribution in [-0.2, 0) is 28.9 Å². The van der Waals surface area contributed by atoms with Crippen LogP contribution >= 0.6 is 11.3 Å². The molecule has 0 fully saturated rings. The molecule has 1 N–H and O–H groups in total. The van der Waals surface area contributed by atoms with Crippen molar-refractivity contribution in [3.8, 4) is 0 Å². The minimum absolute atomic E-state index is 0.0237. The van der Waals surface area contributed by atoms with Gasteiger partial charge in [-0.3, -0.25) is 19.8 Å². The second kappa shape index (κ2) is 9.36. The van der Waals surface area contributed by atoms with E-state index in [1.807, 2.05) is 0 Å². The van der Waals surface area contributed by atoms with Crippen LogP contribution in [0.1, 0.15) is 47.1 Å². The number of fused-ring (bicyclic) bond motifs is 1. The Morgan fingerprint density at radius 3 is 2.60 bits per heavy atom. The van der Waals surface area contributed by atoms with Crippen molar-refractivity contribution in [1.29, 1.82) is 0 Å². The lowest BCUT2D eigenvalue weighted by molar-refractivity contribution is -0.384. The molecule has 1 aliphatic rings. The second-order valence-corrected chi connectivity index (χ2v) is 8.50. The molecule has 2 heterocycles. The summed E-state index contributed by atoms with van der Waals surface area (Å²) < 4.78 is 5.24. The fourth-order valence-corrected chi connectivity index (χ4v) is 4.74. The summed E-state index contributed by atoms with van der Waals surface area (Å²) in [6.07, 6.45) is 0.789. The molecule has 1 aromatic carbocycles. The van der Waals surface area contributed by atoms with Crippen molar-refractivity contribution in [2.75, 3.05) is 18.5 Å². The highest BCUT2D eigenvalue weighted by Gasteiger charge is 2.30. The smallest absolute Gasteiger partial charge is 0.341 e. The van der Waals surface area contributed by atoms with Gasteiger partial charge in [0, 0.05) is 36.1 Å². The number of ether oxygens (including phenoxy) is 1. The summed E-state index contributed by atoms with van der Waals surface area (Å²) in [7, 11) is 0. The predicted molar refractivity (Wildman–Crippen MR) is 115 cm³/mol. The van der Waals surface area contributed by atoms with Crippen molar-refractivity contribution in [2.24, 2.45) is 0 Å². The lowest BCUT2D eigenvalue weighted by atomic mass is 10.0. The van der Waals surface area contributed by atoms with Crippen LogP contribution in [0.5, 0.6) is 0 Å². The van der Waals surface area contributed by atoms with Crippen LogP contribution in [0, 0.1) is 10.1 Å². The molecule has 0 saturated heterocycles. The van der Waals surface area contributed by atoms with Crippen LogP contribution in [0.25, 0.3) is 0 Å². The number of esters is 1. The zero-order valence-corrected chi connectivity index (χ0v) is 18.1. The van der Waals surface area contributed by atoms with Crippen molar-refractivity contribution in [1.82, 2.24) is 4.90 Å². The normalized spacial score (nSPS) is 13.7. The maximum Gasteiger partial charge on any atom is 0.341 e. The third-order valence-electron chi connectivity index (χ3n) is 5.06. The van der Waals surface area contributed by atoms with Gasteiger partial charge in [-0.2, -0.15) is 0 Å². The molecule has 1 amide bonds. The number of benzene rings is 1. The van der Waals surface area contributed by atoms with E-state index in [0.717, 1.165) is 30.0 Å². The number of thiophene rings is 1. The van der Waals surface area contributed by atoms with Crippen LogP contribution in [0.3, 0.4) is 0 Å². The molecule has 0 radical (unpaired) electrons. The zero-order valence-electron chi connectivity index (χ0n) is 17.3. The number of hydrogen-bond donors (Lipinski definition) is 1. The second-order valence-electron chi connectivity index (χ2n) is 7.39. The topological polar surface area (TPSA) is 102 Å². The van der Waals surface area contributed by atoms with E-state index in [1.165, 1.54) is 23.5 Å². The van der Waals surface area contributed by atoms with Crippen molar-refractivity contribution >= 4 is 33.9 Å². The van der Waals surface area contributed by atoms with Crippen LogP contribution in [0.15, 0.2) is 24.3 Å². The maximum absolute atomic E-state index is 12.6. The summed E-state index contributed by atoms with van der Waals surface area (Å²) in [6.45, 7) is 7.88. The fourth-order valence-electron chi connectivity index (χ4n) is 3.46. The van der Waals surface area contributed by atoms with E-state index in [-0.39, 0.29) is 24.6 Å². The first-order valence-corrected chi connectivity index (χ1v) is 10.7. The first kappa shape index (κ1) is 21.9. The van der Waals surface area contributed by atoms with E-state index >= 15 is 0 Å². The van der Waals surface area contributed by atoms with Crippen LogP contribution < -0.4 is 5.32 Å². The van der Waals surface area contributed by atoms with E-state index in [9.17, 15) is 19.7 Å². The van der Waals surface area contributed by atoms with Gasteiger partial charge >= 0.3 is 5.97 Å². The number of amides is 1. The highest BCUT2D eigenvalue weighted by atomic mass is 32.1. The number of non-ortho nitro benzene ring substituents is 1. The first-order chi connectivity index (χ1) is 14.3. The van der Waals surface area contributed by atoms with Gasteiger partial charge in [0.25, 0.3) is 5.69 Å². The Kier molecular flexibility index (Phi) is 6.84. The summed E-state index contributed by atoms with van der Waals surface area (Å²) in [5.74, 6) is -0.702. The maximum atomic E-state index is 12.6. The van der Waals surface area contributed by atoms with Crippen LogP contribution in [0.2, 0.25) is 0 Å². The Labute approximate surface area is 179 Å². The van der Waals surface area contributed by atoms with Crippen molar-refractivity contribution in [2.45, 2.75) is 46.2 Å². The van der Waals surface area contributed by atoms with Gasteiger partial charge in [0.15, 0.2) is 0 Å². The van der Waals surface area contributed by atoms with Gasteiger partial charge in [-0.05, 0) is 38.3 Å². The van der Waals surface area contributed by atoms with Crippen LogP contribution in [0.4, 0.5) is 10.7 Å². The molecule has 0 unspecified atom stereocenters. The first-order valence-electron chi connectivity index (χ1n) is 9.89. The number of nitro groups is 1. The molecular formula is C21H25N3O5S. The average molecular weight is 432 g/mol. The third kappa shape index (κ3) is 4.85. The summed E-state index contributed by atoms with van der Waals surface area (Å²) in [5.41, 5.74) is 2.05. The fraction of sp³-hybridized carbons (Fsp3) is 0.429. The number of rotatable bonds is 7. The molecule has 1 aliphatic heterocycles. The quantitative estimate of drug-likeness (QED) is 0.407. The molecule has 0 spiro atoms. The van der Waals surface area contributed by atoms with E-state index in [0.29, 0.717) is 22.2 Å². The van der Waals surface area contributed by atoms with Gasteiger partial charge < -0.3 is 10.1 Å². The summed E-state index contributed by atoms with van der Waals surface area (Å²) >= 11 is 1.42. The SMILES string of the molecule is CCOC(=O)c1c(NC(=O)Cc2ccc([N+](=O)[O-])cc2)sc2c1CCN(C(C)C)C2. The number of carbonyl (C=O) groups is 2. The van der Waals surface area contributed by atoms with Gasteiger partial charge in [0.2, 0.25) is 5.91 Å². The minimum atomic E-state index is -0.480. The number of nitro benzene ring substituents is 1. The molecular weight excluding hydrogens is 406 g/mol. The Morgan fingerprint density at radius 2 is 2.00 bits per heavy atom. The summed E-state index contributed by atoms with van der Waals surface area (Å²) in [5, 5.41) is 14.1. The van der Waals surface area contributed by atoms with Crippen molar-refractivity contribution in [3.63, 3.8) is 0 Å². The van der Waals surface area contributed by atoms with Gasteiger partial charge in [0.1, 0.15) is 5.00 Å². The van der Waals surface area contributed by atoms with Gasteiger partial charge in [-0.15, -0.1) is 11.3 Å². The molecule has 9 heteroatoms. The lowest BCUT2D eigenvalue weighted by Crippen LogP contribution is -2.35. The molecule has 2 aromatic rings. The average Bonchev–Trinajstić information content (AvgIpc) is 3.05. The standard InChI is InChI=1S/C21H25N3O5S/c1-4-29-21(26)19-16-9-10-23(13(2)3)12-17(16)30-20(19)22-18(25)11-14-5-7-15(8-6-14)24(27)28/h5-8,13H,4,9-12H2,1-3H3,(H,22,25). The Balaban J connectivity index is 1.81. The lowest BCUT2D eigenvalue weighted by Gasteiger charge is -2.30. The van der Waals surface area contributed by atoms with E-state index in [4.69, 9.17) is 4.74 Å². The molecule has 1 aromatic heterocycles. The Morgan fingerprint density at radius 1 is 1.30 bits per heavy atom. The van der Waals surface area contributed by atoms with Crippen molar-refractivity contribution in [3.05, 3.63) is 55.9 Å². The van der Waals surface area contributed by atoms with Crippen LogP contribution in [-0.4, -0.2) is 40.9 Å². The van der Waals surface area contributed by atoms with Crippen molar-refractivity contribution < 1.29 is 19.2 Å². The largest absolute Gasteiger partial charge is 0.462 e. The van der Waals surface area contributed by atoms with E-state index in [1.54, 1.807) is 19.1 Å². The number of nitrogens with zero attached hydrogens (tertiary/aromatic N) is 2. The van der Waals surface area contributed by atoms with Gasteiger partial charge in [-0.1, -0.05) is 12.1 Å². The monoisotopic (exact) mass is 431 g/mol. The number of carbonyl (C=O) groups excluding carboxylic acids is 2. The molecule has 0 saturated carbocycles.